The van der Waals surface area contributed by atoms with Gasteiger partial charge in [0.2, 0.25) is 0 Å². The molecule has 0 amide bonds. The fraction of sp³-hybridized carbons (Fsp3) is 0.273. The van der Waals surface area contributed by atoms with E-state index in [0.29, 0.717) is 25.2 Å². The van der Waals surface area contributed by atoms with Gasteiger partial charge < -0.3 is 19.8 Å². The molecule has 0 aromatic heterocycles. The molecular weight excluding hydrogens is 338 g/mol. The van der Waals surface area contributed by atoms with E-state index in [2.05, 4.69) is 16.5 Å². The van der Waals surface area contributed by atoms with E-state index in [4.69, 9.17) is 14.9 Å². The molecule has 0 radical (unpaired) electrons. The van der Waals surface area contributed by atoms with Gasteiger partial charge in [-0.2, -0.15) is 0 Å². The van der Waals surface area contributed by atoms with Crippen LogP contribution in [0.25, 0.3) is 0 Å². The molecule has 2 rings (SSSR count). The number of amidine groups is 1. The van der Waals surface area contributed by atoms with Gasteiger partial charge in [-0.05, 0) is 42.3 Å². The molecule has 0 aliphatic heterocycles. The third kappa shape index (κ3) is 5.71. The van der Waals surface area contributed by atoms with Crippen molar-refractivity contribution in [3.05, 3.63) is 71.8 Å². The molecule has 0 aliphatic carbocycles. The van der Waals surface area contributed by atoms with Crippen molar-refractivity contribution in [3.8, 4) is 11.5 Å². The van der Waals surface area contributed by atoms with Crippen molar-refractivity contribution < 1.29 is 9.47 Å². The minimum absolute atomic E-state index is 0.596. The van der Waals surface area contributed by atoms with E-state index < -0.39 is 0 Å². The van der Waals surface area contributed by atoms with Gasteiger partial charge in [0.1, 0.15) is 17.3 Å². The highest BCUT2D eigenvalue weighted by atomic mass is 16.5. The van der Waals surface area contributed by atoms with Crippen LogP contribution in [0.2, 0.25) is 0 Å². The fourth-order valence-electron chi connectivity index (χ4n) is 2.73. The highest BCUT2D eigenvalue weighted by molar-refractivity contribution is 6.13. The summed E-state index contributed by atoms with van der Waals surface area (Å²) in [6.45, 7) is 7.92. The molecule has 0 aliphatic rings. The third-order valence-corrected chi connectivity index (χ3v) is 4.13. The van der Waals surface area contributed by atoms with E-state index in [9.17, 15) is 0 Å². The zero-order valence-electron chi connectivity index (χ0n) is 16.2. The maximum atomic E-state index is 7.61. The van der Waals surface area contributed by atoms with Gasteiger partial charge >= 0.3 is 0 Å². The molecule has 0 fully saturated rings. The molecule has 0 atom stereocenters. The van der Waals surface area contributed by atoms with Crippen molar-refractivity contribution in [3.63, 3.8) is 0 Å². The quantitative estimate of drug-likeness (QED) is 0.531. The van der Waals surface area contributed by atoms with Gasteiger partial charge in [0.05, 0.1) is 14.2 Å². The van der Waals surface area contributed by atoms with Gasteiger partial charge in [-0.25, -0.2) is 0 Å². The van der Waals surface area contributed by atoms with Crippen molar-refractivity contribution in [1.29, 1.82) is 5.41 Å². The zero-order valence-corrected chi connectivity index (χ0v) is 16.2. The van der Waals surface area contributed by atoms with Gasteiger partial charge in [-0.15, -0.1) is 0 Å². The first-order chi connectivity index (χ1) is 13.1. The van der Waals surface area contributed by atoms with E-state index in [1.54, 1.807) is 14.2 Å². The molecule has 0 heterocycles. The van der Waals surface area contributed by atoms with E-state index in [-0.39, 0.29) is 0 Å². The molecule has 2 aromatic carbocycles. The Morgan fingerprint density at radius 2 is 1.41 bits per heavy atom. The van der Waals surface area contributed by atoms with Crippen LogP contribution in [0.3, 0.4) is 0 Å². The number of hydrogen-bond acceptors (Lipinski definition) is 4. The molecule has 2 aromatic rings. The maximum Gasteiger partial charge on any atom is 0.132 e. The van der Waals surface area contributed by atoms with E-state index >= 15 is 0 Å². The number of nitrogens with one attached hydrogen (secondary N) is 1. The van der Waals surface area contributed by atoms with Crippen LogP contribution in [0.15, 0.2) is 65.7 Å². The maximum absolute atomic E-state index is 7.61. The van der Waals surface area contributed by atoms with Crippen molar-refractivity contribution in [2.45, 2.75) is 20.0 Å². The fourth-order valence-corrected chi connectivity index (χ4v) is 2.73. The number of rotatable bonds is 9. The Balaban J connectivity index is 2.31. The smallest absolute Gasteiger partial charge is 0.132 e. The van der Waals surface area contributed by atoms with Crippen LogP contribution in [0.5, 0.6) is 11.5 Å². The van der Waals surface area contributed by atoms with Crippen LogP contribution in [-0.2, 0) is 13.1 Å². The van der Waals surface area contributed by atoms with Crippen molar-refractivity contribution >= 4 is 12.1 Å². The topological polar surface area (TPSA) is 57.9 Å². The summed E-state index contributed by atoms with van der Waals surface area (Å²) in [5, 5.41) is 7.61. The summed E-state index contributed by atoms with van der Waals surface area (Å²) in [5.41, 5.74) is 2.86. The lowest BCUT2D eigenvalue weighted by molar-refractivity contribution is 0.400. The molecule has 5 nitrogen and oxygen atoms in total. The molecule has 0 saturated carbocycles. The average molecular weight is 365 g/mol. The Morgan fingerprint density at radius 1 is 0.963 bits per heavy atom. The predicted octanol–water partition coefficient (Wildman–Crippen LogP) is 4.33. The first-order valence-corrected chi connectivity index (χ1v) is 8.86. The van der Waals surface area contributed by atoms with E-state index in [0.717, 1.165) is 28.5 Å². The molecule has 27 heavy (non-hydrogen) atoms. The monoisotopic (exact) mass is 365 g/mol. The lowest BCUT2D eigenvalue weighted by atomic mass is 10.1. The highest BCUT2D eigenvalue weighted by Gasteiger charge is 2.15. The number of methoxy groups -OCH3 is 2. The molecular formula is C22H27N3O2. The van der Waals surface area contributed by atoms with Crippen molar-refractivity contribution in [2.75, 3.05) is 20.8 Å². The summed E-state index contributed by atoms with van der Waals surface area (Å²) in [6, 6.07) is 15.9. The minimum Gasteiger partial charge on any atom is -0.497 e. The van der Waals surface area contributed by atoms with Gasteiger partial charge in [0.15, 0.2) is 0 Å². The van der Waals surface area contributed by atoms with Gasteiger partial charge in [0.25, 0.3) is 0 Å². The van der Waals surface area contributed by atoms with Crippen LogP contribution in [0, 0.1) is 5.41 Å². The normalized spacial score (nSPS) is 11.0. The molecule has 0 unspecified atom stereocenters. The second-order valence-corrected chi connectivity index (χ2v) is 6.02. The van der Waals surface area contributed by atoms with Gasteiger partial charge in [-0.1, -0.05) is 30.8 Å². The minimum atomic E-state index is 0.596. The summed E-state index contributed by atoms with van der Waals surface area (Å²) in [7, 11) is 3.32. The molecule has 142 valence electrons. The van der Waals surface area contributed by atoms with Crippen LogP contribution in [0.4, 0.5) is 0 Å². The van der Waals surface area contributed by atoms with Crippen LogP contribution >= 0.6 is 0 Å². The Hall–Kier alpha value is -3.08. The lowest BCUT2D eigenvalue weighted by Gasteiger charge is -2.27. The Morgan fingerprint density at radius 3 is 1.74 bits per heavy atom. The first-order valence-electron chi connectivity index (χ1n) is 8.86. The largest absolute Gasteiger partial charge is 0.497 e. The number of nitrogens with zero attached hydrogens (tertiary/aromatic N) is 2. The SMILES string of the molecule is C=C(C=N)/C(=N\CC)N(Cc1ccc(OC)cc1)Cc1ccc(OC)cc1. The van der Waals surface area contributed by atoms with Crippen LogP contribution in [-0.4, -0.2) is 37.7 Å². The summed E-state index contributed by atoms with van der Waals surface area (Å²) >= 11 is 0. The molecule has 0 saturated heterocycles. The second kappa shape index (κ2) is 10.2. The highest BCUT2D eigenvalue weighted by Crippen LogP contribution is 2.18. The molecule has 5 heteroatoms. The number of ether oxygens (including phenoxy) is 2. The van der Waals surface area contributed by atoms with Crippen LogP contribution < -0.4 is 9.47 Å². The second-order valence-electron chi connectivity index (χ2n) is 6.02. The van der Waals surface area contributed by atoms with Gasteiger partial charge in [0, 0.05) is 31.4 Å². The number of aliphatic imine (C=N–C) groups is 1. The summed E-state index contributed by atoms with van der Waals surface area (Å²) < 4.78 is 10.5. The van der Waals surface area contributed by atoms with Crippen LogP contribution in [0.1, 0.15) is 18.1 Å². The average Bonchev–Trinajstić information content (AvgIpc) is 2.72. The van der Waals surface area contributed by atoms with Crippen molar-refractivity contribution in [2.24, 2.45) is 4.99 Å². The van der Waals surface area contributed by atoms with E-state index in [1.165, 1.54) is 6.21 Å². The first kappa shape index (κ1) is 20.2. The van der Waals surface area contributed by atoms with E-state index in [1.807, 2.05) is 55.5 Å². The van der Waals surface area contributed by atoms with Gasteiger partial charge in [-0.3, -0.25) is 4.99 Å². The summed E-state index contributed by atoms with van der Waals surface area (Å²) in [5.74, 6) is 2.39. The number of benzene rings is 2. The Kier molecular flexibility index (Phi) is 7.62. The number of hydrogen-bond donors (Lipinski definition) is 1. The standard InChI is InChI=1S/C22H27N3O2/c1-5-24-22(17(2)14-23)25(15-18-6-10-20(26-3)11-7-18)16-19-8-12-21(27-4)13-9-19/h6-14,23H,2,5,15-16H2,1,3-4H3/b23-14?,24-22+. The molecule has 0 spiro atoms. The molecule has 0 bridgehead atoms. The molecule has 1 N–H and O–H groups in total. The van der Waals surface area contributed by atoms with Crippen molar-refractivity contribution in [1.82, 2.24) is 4.90 Å². The zero-order chi connectivity index (χ0) is 19.6. The third-order valence-electron chi connectivity index (χ3n) is 4.13. The Labute approximate surface area is 161 Å². The predicted molar refractivity (Wildman–Crippen MR) is 111 cm³/mol. The lowest BCUT2D eigenvalue weighted by Crippen LogP contribution is -2.32. The summed E-state index contributed by atoms with van der Waals surface area (Å²) in [4.78, 5) is 6.74. The summed E-state index contributed by atoms with van der Waals surface area (Å²) in [6.07, 6.45) is 1.25. The Bertz CT molecular complexity index is 731.